The van der Waals surface area contributed by atoms with Gasteiger partial charge >= 0.3 is 0 Å². The summed E-state index contributed by atoms with van der Waals surface area (Å²) in [6.45, 7) is 7.64. The van der Waals surface area contributed by atoms with Crippen molar-refractivity contribution in [2.24, 2.45) is 0 Å². The van der Waals surface area contributed by atoms with Crippen LogP contribution >= 0.6 is 0 Å². The van der Waals surface area contributed by atoms with Crippen molar-refractivity contribution in [2.45, 2.75) is 46.1 Å². The molecule has 0 bridgehead atoms. The molecule has 1 unspecified atom stereocenters. The van der Waals surface area contributed by atoms with Crippen LogP contribution in [0.4, 0.5) is 0 Å². The molecule has 1 N–H and O–H groups in total. The molecule has 0 fully saturated rings. The summed E-state index contributed by atoms with van der Waals surface area (Å²) in [5.41, 5.74) is 4.59. The van der Waals surface area contributed by atoms with E-state index in [4.69, 9.17) is 4.42 Å². The summed E-state index contributed by atoms with van der Waals surface area (Å²) in [4.78, 5) is 12.5. The molecule has 0 aliphatic rings. The van der Waals surface area contributed by atoms with Gasteiger partial charge in [-0.1, -0.05) is 30.3 Å². The van der Waals surface area contributed by atoms with Crippen LogP contribution in [-0.2, 0) is 11.3 Å². The molecular weight excluding hydrogens is 338 g/mol. The highest BCUT2D eigenvalue weighted by molar-refractivity contribution is 5.77. The van der Waals surface area contributed by atoms with Gasteiger partial charge in [0.05, 0.1) is 17.9 Å². The lowest BCUT2D eigenvalue weighted by Crippen LogP contribution is -2.27. The number of benzene rings is 1. The number of nitrogens with one attached hydrogen (secondary N) is 1. The van der Waals surface area contributed by atoms with Crippen LogP contribution in [0.2, 0.25) is 0 Å². The fraction of sp³-hybridized carbons (Fsp3) is 0.364. The number of carbonyl (C=O) groups is 1. The van der Waals surface area contributed by atoms with Gasteiger partial charge in [0.1, 0.15) is 5.76 Å². The van der Waals surface area contributed by atoms with Crippen molar-refractivity contribution in [3.05, 3.63) is 77.0 Å². The minimum absolute atomic E-state index is 0.0322. The van der Waals surface area contributed by atoms with Gasteiger partial charge in [0.15, 0.2) is 0 Å². The van der Waals surface area contributed by atoms with Crippen molar-refractivity contribution in [1.29, 1.82) is 0 Å². The molecular formula is C22H27N3O2. The Morgan fingerprint density at radius 1 is 1.15 bits per heavy atom. The summed E-state index contributed by atoms with van der Waals surface area (Å²) in [5, 5.41) is 7.57. The Labute approximate surface area is 160 Å². The fourth-order valence-electron chi connectivity index (χ4n) is 3.28. The lowest BCUT2D eigenvalue weighted by molar-refractivity contribution is -0.121. The Hall–Kier alpha value is -2.82. The average molecular weight is 365 g/mol. The number of furan rings is 1. The van der Waals surface area contributed by atoms with E-state index in [2.05, 4.69) is 24.3 Å². The van der Waals surface area contributed by atoms with Gasteiger partial charge in [-0.05, 0) is 50.5 Å². The third-order valence-corrected chi connectivity index (χ3v) is 5.09. The molecule has 0 saturated carbocycles. The molecule has 2 aromatic heterocycles. The number of carbonyl (C=O) groups excluding carboxylic acids is 1. The summed E-state index contributed by atoms with van der Waals surface area (Å²) < 4.78 is 7.59. The van der Waals surface area contributed by atoms with E-state index in [-0.39, 0.29) is 11.8 Å². The molecule has 3 aromatic rings. The number of hydrogen-bond donors (Lipinski definition) is 1. The lowest BCUT2D eigenvalue weighted by Gasteiger charge is -2.15. The Morgan fingerprint density at radius 2 is 1.93 bits per heavy atom. The maximum Gasteiger partial charge on any atom is 0.221 e. The van der Waals surface area contributed by atoms with Crippen molar-refractivity contribution in [1.82, 2.24) is 15.1 Å². The van der Waals surface area contributed by atoms with Crippen LogP contribution in [0, 0.1) is 20.8 Å². The molecule has 0 spiro atoms. The molecule has 0 aliphatic heterocycles. The molecule has 1 amide bonds. The van der Waals surface area contributed by atoms with Gasteiger partial charge in [-0.3, -0.25) is 9.48 Å². The van der Waals surface area contributed by atoms with Crippen LogP contribution in [0.1, 0.15) is 47.0 Å². The predicted molar refractivity (Wildman–Crippen MR) is 106 cm³/mol. The van der Waals surface area contributed by atoms with Crippen LogP contribution in [0.25, 0.3) is 0 Å². The highest BCUT2D eigenvalue weighted by Gasteiger charge is 2.20. The van der Waals surface area contributed by atoms with E-state index in [1.165, 1.54) is 11.3 Å². The van der Waals surface area contributed by atoms with E-state index in [9.17, 15) is 4.79 Å². The first kappa shape index (κ1) is 19.0. The smallest absolute Gasteiger partial charge is 0.221 e. The average Bonchev–Trinajstić information content (AvgIpc) is 3.29. The van der Waals surface area contributed by atoms with Gasteiger partial charge in [0.2, 0.25) is 5.91 Å². The Bertz CT molecular complexity index is 867. The van der Waals surface area contributed by atoms with Gasteiger partial charge in [-0.15, -0.1) is 0 Å². The maximum absolute atomic E-state index is 12.5. The Kier molecular flexibility index (Phi) is 6.12. The molecule has 3 rings (SSSR count). The quantitative estimate of drug-likeness (QED) is 0.611. The third-order valence-electron chi connectivity index (χ3n) is 5.09. The van der Waals surface area contributed by atoms with E-state index in [0.717, 1.165) is 30.0 Å². The van der Waals surface area contributed by atoms with E-state index < -0.39 is 0 Å². The SMILES string of the molecule is Cc1nn(CCCNC(=O)CC(c2ccccc2)c2ccco2)c(C)c1C. The first-order chi connectivity index (χ1) is 13.1. The monoisotopic (exact) mass is 365 g/mol. The second kappa shape index (κ2) is 8.71. The second-order valence-electron chi connectivity index (χ2n) is 6.91. The summed E-state index contributed by atoms with van der Waals surface area (Å²) in [6, 6.07) is 13.8. The number of amides is 1. The van der Waals surface area contributed by atoms with Crippen LogP contribution < -0.4 is 5.32 Å². The van der Waals surface area contributed by atoms with Crippen LogP contribution in [0.15, 0.2) is 53.1 Å². The minimum Gasteiger partial charge on any atom is -0.469 e. The molecule has 0 radical (unpaired) electrons. The first-order valence-electron chi connectivity index (χ1n) is 9.42. The van der Waals surface area contributed by atoms with E-state index >= 15 is 0 Å². The highest BCUT2D eigenvalue weighted by atomic mass is 16.3. The number of hydrogen-bond acceptors (Lipinski definition) is 3. The molecule has 0 aliphatic carbocycles. The van der Waals surface area contributed by atoms with Crippen molar-refractivity contribution in [3.8, 4) is 0 Å². The van der Waals surface area contributed by atoms with Gasteiger partial charge < -0.3 is 9.73 Å². The third kappa shape index (κ3) is 4.67. The van der Waals surface area contributed by atoms with Gasteiger partial charge in [0, 0.05) is 25.2 Å². The second-order valence-corrected chi connectivity index (χ2v) is 6.91. The van der Waals surface area contributed by atoms with Gasteiger partial charge in [-0.2, -0.15) is 5.10 Å². The predicted octanol–water partition coefficient (Wildman–Crippen LogP) is 4.13. The molecule has 1 atom stereocenters. The topological polar surface area (TPSA) is 60.1 Å². The maximum atomic E-state index is 12.5. The van der Waals surface area contributed by atoms with Crippen LogP contribution in [0.5, 0.6) is 0 Å². The number of aryl methyl sites for hydroxylation is 2. The lowest BCUT2D eigenvalue weighted by atomic mass is 9.93. The number of nitrogens with zero attached hydrogens (tertiary/aromatic N) is 2. The highest BCUT2D eigenvalue weighted by Crippen LogP contribution is 2.28. The molecule has 2 heterocycles. The number of aromatic nitrogens is 2. The van der Waals surface area contributed by atoms with Crippen molar-refractivity contribution < 1.29 is 9.21 Å². The largest absolute Gasteiger partial charge is 0.469 e. The zero-order valence-corrected chi connectivity index (χ0v) is 16.2. The van der Waals surface area contributed by atoms with E-state index in [0.29, 0.717) is 13.0 Å². The van der Waals surface area contributed by atoms with Gasteiger partial charge in [0.25, 0.3) is 0 Å². The molecule has 5 heteroatoms. The molecule has 0 saturated heterocycles. The zero-order chi connectivity index (χ0) is 19.2. The van der Waals surface area contributed by atoms with Crippen molar-refractivity contribution >= 4 is 5.91 Å². The molecule has 27 heavy (non-hydrogen) atoms. The van der Waals surface area contributed by atoms with Crippen LogP contribution in [0.3, 0.4) is 0 Å². The summed E-state index contributed by atoms with van der Waals surface area (Å²) in [6.07, 6.45) is 2.88. The van der Waals surface area contributed by atoms with Crippen molar-refractivity contribution in [2.75, 3.05) is 6.54 Å². The number of rotatable bonds is 8. The standard InChI is InChI=1S/C22H27N3O2/c1-16-17(2)24-25(18(16)3)13-8-12-23-22(26)15-20(21-11-7-14-27-21)19-9-5-4-6-10-19/h4-7,9-11,14,20H,8,12-13,15H2,1-3H3,(H,23,26). The normalized spacial score (nSPS) is 12.1. The van der Waals surface area contributed by atoms with Gasteiger partial charge in [-0.25, -0.2) is 0 Å². The van der Waals surface area contributed by atoms with Crippen molar-refractivity contribution in [3.63, 3.8) is 0 Å². The molecule has 142 valence electrons. The van der Waals surface area contributed by atoms with E-state index in [1.54, 1.807) is 6.26 Å². The Balaban J connectivity index is 1.53. The summed E-state index contributed by atoms with van der Waals surface area (Å²) >= 11 is 0. The van der Waals surface area contributed by atoms with Crippen LogP contribution in [-0.4, -0.2) is 22.2 Å². The zero-order valence-electron chi connectivity index (χ0n) is 16.2. The summed E-state index contributed by atoms with van der Waals surface area (Å²) in [5.74, 6) is 0.777. The summed E-state index contributed by atoms with van der Waals surface area (Å²) in [7, 11) is 0. The molecule has 1 aromatic carbocycles. The minimum atomic E-state index is -0.0696. The molecule has 5 nitrogen and oxygen atoms in total. The fourth-order valence-corrected chi connectivity index (χ4v) is 3.28. The van der Waals surface area contributed by atoms with E-state index in [1.807, 2.05) is 54.1 Å². The Morgan fingerprint density at radius 3 is 2.56 bits per heavy atom. The first-order valence-corrected chi connectivity index (χ1v) is 9.42.